The predicted octanol–water partition coefficient (Wildman–Crippen LogP) is 1.01. The van der Waals surface area contributed by atoms with Crippen molar-refractivity contribution in [3.8, 4) is 0 Å². The summed E-state index contributed by atoms with van der Waals surface area (Å²) in [4.78, 5) is 26.2. The third-order valence-corrected chi connectivity index (χ3v) is 5.26. The van der Waals surface area contributed by atoms with Crippen LogP contribution in [0, 0.1) is 0 Å². The van der Waals surface area contributed by atoms with Gasteiger partial charge in [0, 0.05) is 43.9 Å². The first-order valence-electron chi connectivity index (χ1n) is 9.60. The molecule has 0 aromatic carbocycles. The smallest absolute Gasteiger partial charge is 0.276 e. The second-order valence-electron chi connectivity index (χ2n) is 6.95. The molecule has 9 nitrogen and oxygen atoms in total. The van der Waals surface area contributed by atoms with Gasteiger partial charge < -0.3 is 14.5 Å². The molecule has 0 radical (unpaired) electrons. The first-order valence-corrected chi connectivity index (χ1v) is 9.60. The quantitative estimate of drug-likeness (QED) is 0.856. The third-order valence-electron chi connectivity index (χ3n) is 5.26. The predicted molar refractivity (Wildman–Crippen MR) is 98.7 cm³/mol. The van der Waals surface area contributed by atoms with E-state index in [9.17, 15) is 4.79 Å². The number of likely N-dealkylation sites (tertiary alicyclic amines) is 1. The van der Waals surface area contributed by atoms with E-state index in [-0.39, 0.29) is 11.8 Å². The van der Waals surface area contributed by atoms with Gasteiger partial charge in [0.1, 0.15) is 11.6 Å². The average Bonchev–Trinajstić information content (AvgIpc) is 3.28. The summed E-state index contributed by atoms with van der Waals surface area (Å²) in [5, 5.41) is 10.1. The minimum Gasteiger partial charge on any atom is -0.378 e. The van der Waals surface area contributed by atoms with Crippen LogP contribution >= 0.6 is 0 Å². The summed E-state index contributed by atoms with van der Waals surface area (Å²) in [7, 11) is 0. The van der Waals surface area contributed by atoms with Gasteiger partial charge in [-0.05, 0) is 19.3 Å². The molecular formula is C18H25N7O2. The lowest BCUT2D eigenvalue weighted by atomic mass is 9.95. The minimum absolute atomic E-state index is 0.0700. The number of hydrogen-bond acceptors (Lipinski definition) is 7. The van der Waals surface area contributed by atoms with Gasteiger partial charge in [0.2, 0.25) is 0 Å². The van der Waals surface area contributed by atoms with Gasteiger partial charge in [-0.1, -0.05) is 6.92 Å². The summed E-state index contributed by atoms with van der Waals surface area (Å²) in [5.41, 5.74) is 1.44. The van der Waals surface area contributed by atoms with Gasteiger partial charge in [-0.15, -0.1) is 0 Å². The number of rotatable bonds is 4. The molecule has 0 bridgehead atoms. The Hall–Kier alpha value is -2.55. The first-order chi connectivity index (χ1) is 13.2. The Kier molecular flexibility index (Phi) is 5.28. The van der Waals surface area contributed by atoms with Crippen molar-refractivity contribution in [3.05, 3.63) is 29.5 Å². The van der Waals surface area contributed by atoms with Crippen molar-refractivity contribution in [2.24, 2.45) is 0 Å². The molecule has 9 heteroatoms. The molecule has 0 saturated carbocycles. The zero-order valence-electron chi connectivity index (χ0n) is 15.6. The molecule has 2 fully saturated rings. The van der Waals surface area contributed by atoms with Gasteiger partial charge in [0.25, 0.3) is 5.91 Å². The van der Waals surface area contributed by atoms with Crippen LogP contribution in [0.15, 0.2) is 12.3 Å². The maximum atomic E-state index is 12.4. The molecule has 0 spiro atoms. The number of piperidine rings is 1. The fourth-order valence-electron chi connectivity index (χ4n) is 3.63. The van der Waals surface area contributed by atoms with Crippen LogP contribution in [-0.2, 0) is 11.2 Å². The number of amides is 1. The number of nitrogens with zero attached hydrogens (tertiary/aromatic N) is 6. The Labute approximate surface area is 158 Å². The summed E-state index contributed by atoms with van der Waals surface area (Å²) in [5.74, 6) is 2.11. The molecule has 2 saturated heterocycles. The van der Waals surface area contributed by atoms with Gasteiger partial charge in [-0.2, -0.15) is 15.4 Å². The Morgan fingerprint density at radius 3 is 2.67 bits per heavy atom. The van der Waals surface area contributed by atoms with Gasteiger partial charge >= 0.3 is 0 Å². The maximum absolute atomic E-state index is 12.4. The summed E-state index contributed by atoms with van der Waals surface area (Å²) in [6.07, 6.45) is 4.08. The molecule has 2 aliphatic rings. The fraction of sp³-hybridized carbons (Fsp3) is 0.611. The molecule has 0 unspecified atom stereocenters. The fourth-order valence-corrected chi connectivity index (χ4v) is 3.63. The summed E-state index contributed by atoms with van der Waals surface area (Å²) >= 11 is 0. The molecule has 2 aromatic heterocycles. The first kappa shape index (κ1) is 17.8. The van der Waals surface area contributed by atoms with E-state index < -0.39 is 0 Å². The molecule has 4 heterocycles. The van der Waals surface area contributed by atoms with E-state index in [4.69, 9.17) is 14.7 Å². The number of anilines is 1. The second kappa shape index (κ2) is 7.99. The number of morpholine rings is 1. The van der Waals surface area contributed by atoms with Gasteiger partial charge in [0.15, 0.2) is 5.69 Å². The number of aromatic amines is 1. The Morgan fingerprint density at radius 1 is 1.22 bits per heavy atom. The molecule has 1 N–H and O–H groups in total. The van der Waals surface area contributed by atoms with Crippen LogP contribution in [-0.4, -0.2) is 75.6 Å². The van der Waals surface area contributed by atoms with E-state index in [2.05, 4.69) is 33.3 Å². The van der Waals surface area contributed by atoms with Crippen LogP contribution in [0.3, 0.4) is 0 Å². The van der Waals surface area contributed by atoms with E-state index in [0.29, 0.717) is 18.8 Å². The maximum Gasteiger partial charge on any atom is 0.276 e. The van der Waals surface area contributed by atoms with E-state index in [0.717, 1.165) is 62.9 Å². The highest BCUT2D eigenvalue weighted by Gasteiger charge is 2.28. The van der Waals surface area contributed by atoms with E-state index in [1.807, 2.05) is 4.90 Å². The number of ether oxygens (including phenoxy) is 1. The average molecular weight is 371 g/mol. The molecule has 4 rings (SSSR count). The van der Waals surface area contributed by atoms with Crippen LogP contribution in [0.25, 0.3) is 0 Å². The highest BCUT2D eigenvalue weighted by Crippen LogP contribution is 2.28. The van der Waals surface area contributed by atoms with Crippen molar-refractivity contribution in [2.75, 3.05) is 44.3 Å². The number of H-pyrrole nitrogens is 1. The number of nitrogens with one attached hydrogen (secondary N) is 1. The number of carbonyl (C=O) groups is 1. The summed E-state index contributed by atoms with van der Waals surface area (Å²) in [6.45, 7) is 6.70. The van der Waals surface area contributed by atoms with Gasteiger partial charge in [-0.3, -0.25) is 4.79 Å². The minimum atomic E-state index is -0.0700. The molecule has 0 atom stereocenters. The molecule has 144 valence electrons. The highest BCUT2D eigenvalue weighted by atomic mass is 16.5. The summed E-state index contributed by atoms with van der Waals surface area (Å²) in [6, 6.07) is 2.10. The van der Waals surface area contributed by atoms with Crippen molar-refractivity contribution < 1.29 is 9.53 Å². The summed E-state index contributed by atoms with van der Waals surface area (Å²) < 4.78 is 5.45. The Morgan fingerprint density at radius 2 is 2.00 bits per heavy atom. The number of aryl methyl sites for hydroxylation is 1. The molecule has 2 aliphatic heterocycles. The van der Waals surface area contributed by atoms with Crippen molar-refractivity contribution in [1.82, 2.24) is 30.3 Å². The van der Waals surface area contributed by atoms with Crippen LogP contribution in [0.1, 0.15) is 47.7 Å². The number of aromatic nitrogens is 5. The lowest BCUT2D eigenvalue weighted by molar-refractivity contribution is 0.0705. The van der Waals surface area contributed by atoms with Crippen molar-refractivity contribution in [3.63, 3.8) is 0 Å². The lowest BCUT2D eigenvalue weighted by Gasteiger charge is -2.32. The van der Waals surface area contributed by atoms with Gasteiger partial charge in [0.05, 0.1) is 19.4 Å². The third kappa shape index (κ3) is 3.92. The van der Waals surface area contributed by atoms with E-state index in [1.54, 1.807) is 0 Å². The number of hydrogen-bond donors (Lipinski definition) is 1. The Balaban J connectivity index is 1.46. The second-order valence-corrected chi connectivity index (χ2v) is 6.95. The largest absolute Gasteiger partial charge is 0.378 e. The topological polar surface area (TPSA) is 100 Å². The lowest BCUT2D eigenvalue weighted by Crippen LogP contribution is -2.39. The monoisotopic (exact) mass is 371 g/mol. The SMILES string of the molecule is CCc1cc(N2CCOCC2)nc(C2CCN(C(=O)c3cn[nH]n3)CC2)n1. The molecule has 0 aliphatic carbocycles. The zero-order valence-corrected chi connectivity index (χ0v) is 15.6. The zero-order chi connectivity index (χ0) is 18.6. The van der Waals surface area contributed by atoms with Crippen molar-refractivity contribution in [2.45, 2.75) is 32.1 Å². The molecule has 1 amide bonds. The van der Waals surface area contributed by atoms with Crippen molar-refractivity contribution in [1.29, 1.82) is 0 Å². The van der Waals surface area contributed by atoms with Crippen LogP contribution in [0.5, 0.6) is 0 Å². The molecule has 2 aromatic rings. The molecular weight excluding hydrogens is 346 g/mol. The van der Waals surface area contributed by atoms with Gasteiger partial charge in [-0.25, -0.2) is 9.97 Å². The highest BCUT2D eigenvalue weighted by molar-refractivity contribution is 5.91. The van der Waals surface area contributed by atoms with Crippen LogP contribution in [0.2, 0.25) is 0 Å². The van der Waals surface area contributed by atoms with E-state index >= 15 is 0 Å². The number of carbonyl (C=O) groups excluding carboxylic acids is 1. The Bertz CT molecular complexity index is 766. The normalized spacial score (nSPS) is 18.7. The molecule has 27 heavy (non-hydrogen) atoms. The van der Waals surface area contributed by atoms with Crippen LogP contribution < -0.4 is 4.90 Å². The standard InChI is InChI=1S/C18H25N7O2/c1-2-14-11-16(24-7-9-27-10-8-24)21-17(20-14)13-3-5-25(6-4-13)18(26)15-12-19-23-22-15/h11-13H,2-10H2,1H3,(H,19,22,23). The van der Waals surface area contributed by atoms with Crippen LogP contribution in [0.4, 0.5) is 5.82 Å². The van der Waals surface area contributed by atoms with Crippen molar-refractivity contribution >= 4 is 11.7 Å². The van der Waals surface area contributed by atoms with E-state index in [1.165, 1.54) is 6.20 Å².